The largest absolute Gasteiger partial charge is 0.371 e. The molecule has 1 aliphatic rings. The Balaban J connectivity index is 2.12. The van der Waals surface area contributed by atoms with E-state index in [4.69, 9.17) is 0 Å². The molecule has 1 N–H and O–H groups in total. The maximum absolute atomic E-state index is 13.6. The lowest BCUT2D eigenvalue weighted by Crippen LogP contribution is -2.36. The second-order valence-electron chi connectivity index (χ2n) is 6.49. The standard InChI is InChI=1S/C18H29FN2/c1-4-10-20-13-15-12-16(19)8-9-18(15)21(3)17-7-5-6-14(2)11-17/h8-9,12,14,17,20H,4-7,10-11,13H2,1-3H3. The normalized spacial score (nSPS) is 22.3. The Labute approximate surface area is 128 Å². The fraction of sp³-hybridized carbons (Fsp3) is 0.667. The molecule has 0 amide bonds. The number of benzene rings is 1. The topological polar surface area (TPSA) is 15.3 Å². The fourth-order valence-corrected chi connectivity index (χ4v) is 3.39. The maximum Gasteiger partial charge on any atom is 0.123 e. The summed E-state index contributed by atoms with van der Waals surface area (Å²) in [5, 5.41) is 3.39. The van der Waals surface area contributed by atoms with Gasteiger partial charge < -0.3 is 10.2 Å². The van der Waals surface area contributed by atoms with Crippen molar-refractivity contribution in [2.24, 2.45) is 5.92 Å². The molecule has 118 valence electrons. The molecule has 0 spiro atoms. The Morgan fingerprint density at radius 1 is 1.33 bits per heavy atom. The van der Waals surface area contributed by atoms with Crippen LogP contribution in [0.3, 0.4) is 0 Å². The van der Waals surface area contributed by atoms with Gasteiger partial charge in [-0.25, -0.2) is 4.39 Å². The van der Waals surface area contributed by atoms with Crippen LogP contribution >= 0.6 is 0 Å². The van der Waals surface area contributed by atoms with Gasteiger partial charge >= 0.3 is 0 Å². The fourth-order valence-electron chi connectivity index (χ4n) is 3.39. The summed E-state index contributed by atoms with van der Waals surface area (Å²) in [6.07, 6.45) is 6.25. The van der Waals surface area contributed by atoms with Gasteiger partial charge in [-0.1, -0.05) is 26.7 Å². The molecule has 0 saturated heterocycles. The SMILES string of the molecule is CCCNCc1cc(F)ccc1N(C)C1CCCC(C)C1. The van der Waals surface area contributed by atoms with Crippen LogP contribution in [0.4, 0.5) is 10.1 Å². The van der Waals surface area contributed by atoms with Gasteiger partial charge in [-0.2, -0.15) is 0 Å². The molecular formula is C18H29FN2. The van der Waals surface area contributed by atoms with Crippen LogP contribution < -0.4 is 10.2 Å². The number of hydrogen-bond acceptors (Lipinski definition) is 2. The second kappa shape index (κ2) is 7.79. The molecule has 1 aromatic rings. The summed E-state index contributed by atoms with van der Waals surface area (Å²) in [7, 11) is 2.17. The van der Waals surface area contributed by atoms with Gasteiger partial charge in [0.15, 0.2) is 0 Å². The molecule has 21 heavy (non-hydrogen) atoms. The lowest BCUT2D eigenvalue weighted by Gasteiger charge is -2.36. The first kappa shape index (κ1) is 16.3. The highest BCUT2D eigenvalue weighted by Gasteiger charge is 2.23. The Kier molecular flexibility index (Phi) is 6.04. The molecule has 0 radical (unpaired) electrons. The van der Waals surface area contributed by atoms with Crippen molar-refractivity contribution in [1.29, 1.82) is 0 Å². The average Bonchev–Trinajstić information content (AvgIpc) is 2.47. The second-order valence-corrected chi connectivity index (χ2v) is 6.49. The van der Waals surface area contributed by atoms with Crippen molar-refractivity contribution in [2.75, 3.05) is 18.5 Å². The predicted molar refractivity (Wildman–Crippen MR) is 88.2 cm³/mol. The number of nitrogens with one attached hydrogen (secondary N) is 1. The van der Waals surface area contributed by atoms with E-state index in [9.17, 15) is 4.39 Å². The van der Waals surface area contributed by atoms with E-state index in [0.717, 1.165) is 31.0 Å². The van der Waals surface area contributed by atoms with Gasteiger partial charge in [-0.05, 0) is 55.5 Å². The lowest BCUT2D eigenvalue weighted by atomic mass is 9.86. The molecule has 0 aliphatic heterocycles. The van der Waals surface area contributed by atoms with E-state index in [-0.39, 0.29) is 5.82 Å². The molecule has 1 aliphatic carbocycles. The summed E-state index contributed by atoms with van der Waals surface area (Å²) in [6, 6.07) is 5.80. The summed E-state index contributed by atoms with van der Waals surface area (Å²) in [4.78, 5) is 2.37. The Morgan fingerprint density at radius 2 is 2.14 bits per heavy atom. The average molecular weight is 292 g/mol. The molecule has 2 nitrogen and oxygen atoms in total. The van der Waals surface area contributed by atoms with Crippen molar-refractivity contribution in [2.45, 2.75) is 58.5 Å². The Morgan fingerprint density at radius 3 is 2.86 bits per heavy atom. The third kappa shape index (κ3) is 4.44. The molecule has 1 fully saturated rings. The molecule has 0 aromatic heterocycles. The van der Waals surface area contributed by atoms with Gasteiger partial charge in [0.2, 0.25) is 0 Å². The first-order valence-corrected chi connectivity index (χ1v) is 8.33. The predicted octanol–water partition coefficient (Wildman–Crippen LogP) is 4.34. The summed E-state index contributed by atoms with van der Waals surface area (Å²) in [6.45, 7) is 6.21. The molecule has 0 heterocycles. The van der Waals surface area contributed by atoms with Gasteiger partial charge in [-0.3, -0.25) is 0 Å². The van der Waals surface area contributed by atoms with Crippen LogP contribution in [0.2, 0.25) is 0 Å². The van der Waals surface area contributed by atoms with Gasteiger partial charge in [0.05, 0.1) is 0 Å². The molecule has 1 aromatic carbocycles. The molecule has 2 rings (SSSR count). The number of halogens is 1. The van der Waals surface area contributed by atoms with E-state index in [1.54, 1.807) is 12.1 Å². The van der Waals surface area contributed by atoms with Crippen LogP contribution in [-0.4, -0.2) is 19.6 Å². The van der Waals surface area contributed by atoms with Crippen LogP contribution in [-0.2, 0) is 6.54 Å². The highest BCUT2D eigenvalue weighted by molar-refractivity contribution is 5.54. The molecular weight excluding hydrogens is 263 g/mol. The third-order valence-corrected chi connectivity index (χ3v) is 4.62. The van der Waals surface area contributed by atoms with Gasteiger partial charge in [0.1, 0.15) is 5.82 Å². The van der Waals surface area contributed by atoms with Crippen molar-refractivity contribution >= 4 is 5.69 Å². The summed E-state index contributed by atoms with van der Waals surface area (Å²) in [5.74, 6) is 0.658. The first-order valence-electron chi connectivity index (χ1n) is 8.33. The smallest absolute Gasteiger partial charge is 0.123 e. The van der Waals surface area contributed by atoms with Gasteiger partial charge in [0, 0.05) is 25.3 Å². The van der Waals surface area contributed by atoms with E-state index in [0.29, 0.717) is 6.04 Å². The highest BCUT2D eigenvalue weighted by atomic mass is 19.1. The maximum atomic E-state index is 13.6. The van der Waals surface area contributed by atoms with Crippen molar-refractivity contribution < 1.29 is 4.39 Å². The zero-order chi connectivity index (χ0) is 15.2. The molecule has 3 heteroatoms. The third-order valence-electron chi connectivity index (χ3n) is 4.62. The van der Waals surface area contributed by atoms with Crippen molar-refractivity contribution in [1.82, 2.24) is 5.32 Å². The minimum Gasteiger partial charge on any atom is -0.371 e. The van der Waals surface area contributed by atoms with Crippen molar-refractivity contribution in [3.8, 4) is 0 Å². The van der Waals surface area contributed by atoms with Crippen molar-refractivity contribution in [3.05, 3.63) is 29.6 Å². The van der Waals surface area contributed by atoms with Crippen LogP contribution in [0.5, 0.6) is 0 Å². The van der Waals surface area contributed by atoms with Crippen LogP contribution in [0, 0.1) is 11.7 Å². The number of rotatable bonds is 6. The number of anilines is 1. The van der Waals surface area contributed by atoms with E-state index in [1.807, 2.05) is 6.07 Å². The van der Waals surface area contributed by atoms with Crippen molar-refractivity contribution in [3.63, 3.8) is 0 Å². The molecule has 2 atom stereocenters. The number of nitrogens with zero attached hydrogens (tertiary/aromatic N) is 1. The summed E-state index contributed by atoms with van der Waals surface area (Å²) >= 11 is 0. The summed E-state index contributed by atoms with van der Waals surface area (Å²) in [5.41, 5.74) is 2.25. The van der Waals surface area contributed by atoms with Crippen LogP contribution in [0.25, 0.3) is 0 Å². The van der Waals surface area contributed by atoms with E-state index < -0.39 is 0 Å². The highest BCUT2D eigenvalue weighted by Crippen LogP contribution is 2.31. The monoisotopic (exact) mass is 292 g/mol. The van der Waals surface area contributed by atoms with Crippen LogP contribution in [0.1, 0.15) is 51.5 Å². The zero-order valence-corrected chi connectivity index (χ0v) is 13.7. The molecule has 2 unspecified atom stereocenters. The first-order chi connectivity index (χ1) is 10.1. The number of hydrogen-bond donors (Lipinski definition) is 1. The quantitative estimate of drug-likeness (QED) is 0.785. The van der Waals surface area contributed by atoms with E-state index >= 15 is 0 Å². The zero-order valence-electron chi connectivity index (χ0n) is 13.7. The van der Waals surface area contributed by atoms with Crippen LogP contribution in [0.15, 0.2) is 18.2 Å². The molecule has 0 bridgehead atoms. The lowest BCUT2D eigenvalue weighted by molar-refractivity contribution is 0.336. The Bertz CT molecular complexity index is 447. The van der Waals surface area contributed by atoms with E-state index in [1.165, 1.54) is 31.4 Å². The minimum atomic E-state index is -0.141. The summed E-state index contributed by atoms with van der Waals surface area (Å²) < 4.78 is 13.6. The Hall–Kier alpha value is -1.09. The van der Waals surface area contributed by atoms with Gasteiger partial charge in [-0.15, -0.1) is 0 Å². The molecule has 1 saturated carbocycles. The van der Waals surface area contributed by atoms with Gasteiger partial charge in [0.25, 0.3) is 0 Å². The minimum absolute atomic E-state index is 0.141. The van der Waals surface area contributed by atoms with E-state index in [2.05, 4.69) is 31.1 Å².